The van der Waals surface area contributed by atoms with Crippen LogP contribution < -0.4 is 4.74 Å². The Morgan fingerprint density at radius 2 is 1.71 bits per heavy atom. The summed E-state index contributed by atoms with van der Waals surface area (Å²) in [4.78, 5) is 0. The zero-order valence-corrected chi connectivity index (χ0v) is 11.5. The second kappa shape index (κ2) is 6.35. The SMILES string of the molecule is C/C(=N/O)c1ccc(OCC(F)(F)c2ccccc2)cc1. The standard InChI is InChI=1S/C16H15F2NO2/c1-12(19-20)13-7-9-15(10-8-13)21-11-16(17,18)14-5-3-2-4-6-14/h2-10,20H,11H2,1H3/b19-12-. The molecule has 0 unspecified atom stereocenters. The fourth-order valence-corrected chi connectivity index (χ4v) is 1.79. The summed E-state index contributed by atoms with van der Waals surface area (Å²) in [6, 6.07) is 14.0. The van der Waals surface area contributed by atoms with E-state index in [2.05, 4.69) is 5.16 Å². The fourth-order valence-electron chi connectivity index (χ4n) is 1.79. The van der Waals surface area contributed by atoms with Gasteiger partial charge in [0.1, 0.15) is 5.75 Å². The normalized spacial score (nSPS) is 12.2. The lowest BCUT2D eigenvalue weighted by atomic mass is 10.1. The van der Waals surface area contributed by atoms with E-state index in [4.69, 9.17) is 9.94 Å². The van der Waals surface area contributed by atoms with Gasteiger partial charge in [0.15, 0.2) is 6.61 Å². The molecule has 0 saturated carbocycles. The minimum Gasteiger partial charge on any atom is -0.487 e. The van der Waals surface area contributed by atoms with Gasteiger partial charge < -0.3 is 9.94 Å². The van der Waals surface area contributed by atoms with Gasteiger partial charge in [-0.15, -0.1) is 0 Å². The van der Waals surface area contributed by atoms with Crippen LogP contribution in [0.2, 0.25) is 0 Å². The van der Waals surface area contributed by atoms with Crippen molar-refractivity contribution in [3.05, 3.63) is 65.7 Å². The number of alkyl halides is 2. The quantitative estimate of drug-likeness (QED) is 0.513. The van der Waals surface area contributed by atoms with Gasteiger partial charge in [-0.3, -0.25) is 0 Å². The van der Waals surface area contributed by atoms with Crippen LogP contribution >= 0.6 is 0 Å². The predicted octanol–water partition coefficient (Wildman–Crippen LogP) is 4.06. The first-order chi connectivity index (χ1) is 10.0. The van der Waals surface area contributed by atoms with Crippen molar-refractivity contribution in [2.75, 3.05) is 6.61 Å². The van der Waals surface area contributed by atoms with Crippen LogP contribution in [0.4, 0.5) is 8.78 Å². The molecule has 0 fully saturated rings. The largest absolute Gasteiger partial charge is 0.487 e. The average molecular weight is 291 g/mol. The van der Waals surface area contributed by atoms with E-state index in [-0.39, 0.29) is 5.56 Å². The van der Waals surface area contributed by atoms with Crippen LogP contribution in [0, 0.1) is 0 Å². The monoisotopic (exact) mass is 291 g/mol. The van der Waals surface area contributed by atoms with Crippen molar-refractivity contribution < 1.29 is 18.7 Å². The summed E-state index contributed by atoms with van der Waals surface area (Å²) in [6.07, 6.45) is 0. The molecule has 0 radical (unpaired) electrons. The Labute approximate surface area is 121 Å². The van der Waals surface area contributed by atoms with Gasteiger partial charge >= 0.3 is 5.92 Å². The molecule has 0 aliphatic rings. The first-order valence-corrected chi connectivity index (χ1v) is 6.38. The molecule has 0 aliphatic carbocycles. The van der Waals surface area contributed by atoms with Crippen molar-refractivity contribution in [2.45, 2.75) is 12.8 Å². The highest BCUT2D eigenvalue weighted by molar-refractivity contribution is 5.98. The summed E-state index contributed by atoms with van der Waals surface area (Å²) in [7, 11) is 0. The highest BCUT2D eigenvalue weighted by Crippen LogP contribution is 2.28. The van der Waals surface area contributed by atoms with Gasteiger partial charge in [0.2, 0.25) is 0 Å². The number of nitrogens with zero attached hydrogens (tertiary/aromatic N) is 1. The van der Waals surface area contributed by atoms with E-state index in [1.54, 1.807) is 49.4 Å². The lowest BCUT2D eigenvalue weighted by Gasteiger charge is -2.17. The first kappa shape index (κ1) is 15.0. The molecule has 1 N–H and O–H groups in total. The Morgan fingerprint density at radius 3 is 2.29 bits per heavy atom. The Balaban J connectivity index is 2.03. The molecule has 0 bridgehead atoms. The van der Waals surface area contributed by atoms with Crippen LogP contribution in [-0.4, -0.2) is 17.5 Å². The molecule has 0 amide bonds. The number of ether oxygens (including phenoxy) is 1. The molecule has 2 rings (SSSR count). The van der Waals surface area contributed by atoms with E-state index in [0.29, 0.717) is 17.0 Å². The zero-order valence-electron chi connectivity index (χ0n) is 11.5. The highest BCUT2D eigenvalue weighted by Gasteiger charge is 2.32. The molecular weight excluding hydrogens is 276 g/mol. The lowest BCUT2D eigenvalue weighted by molar-refractivity contribution is -0.0467. The number of oxime groups is 1. The van der Waals surface area contributed by atoms with E-state index in [9.17, 15) is 8.78 Å². The van der Waals surface area contributed by atoms with Crippen LogP contribution in [0.25, 0.3) is 0 Å². The second-order valence-corrected chi connectivity index (χ2v) is 4.57. The van der Waals surface area contributed by atoms with E-state index in [0.717, 1.165) is 0 Å². The van der Waals surface area contributed by atoms with Gasteiger partial charge in [-0.25, -0.2) is 0 Å². The molecule has 0 spiro atoms. The highest BCUT2D eigenvalue weighted by atomic mass is 19.3. The Bertz CT molecular complexity index is 610. The second-order valence-electron chi connectivity index (χ2n) is 4.57. The summed E-state index contributed by atoms with van der Waals surface area (Å²) in [5.41, 5.74) is 1.06. The number of rotatable bonds is 5. The number of hydrogen-bond acceptors (Lipinski definition) is 3. The molecule has 21 heavy (non-hydrogen) atoms. The molecule has 0 saturated heterocycles. The number of benzene rings is 2. The van der Waals surface area contributed by atoms with Crippen molar-refractivity contribution in [3.63, 3.8) is 0 Å². The summed E-state index contributed by atoms with van der Waals surface area (Å²) < 4.78 is 33.0. The van der Waals surface area contributed by atoms with Crippen molar-refractivity contribution in [1.82, 2.24) is 0 Å². The molecule has 2 aromatic rings. The lowest BCUT2D eigenvalue weighted by Crippen LogP contribution is -2.23. The number of halogens is 2. The Hall–Kier alpha value is -2.43. The molecule has 0 aliphatic heterocycles. The van der Waals surface area contributed by atoms with Gasteiger partial charge in [-0.05, 0) is 36.8 Å². The minimum atomic E-state index is -3.05. The number of hydrogen-bond donors (Lipinski definition) is 1. The maximum Gasteiger partial charge on any atom is 0.306 e. The summed E-state index contributed by atoms with van der Waals surface area (Å²) in [6.45, 7) is 0.906. The molecule has 0 heterocycles. The molecule has 5 heteroatoms. The van der Waals surface area contributed by atoms with Gasteiger partial charge in [-0.1, -0.05) is 35.5 Å². The van der Waals surface area contributed by atoms with Gasteiger partial charge in [0.25, 0.3) is 0 Å². The minimum absolute atomic E-state index is 0.0788. The average Bonchev–Trinajstić information content (AvgIpc) is 2.53. The third-order valence-corrected chi connectivity index (χ3v) is 3.04. The molecule has 0 aromatic heterocycles. The molecule has 3 nitrogen and oxygen atoms in total. The van der Waals surface area contributed by atoms with Gasteiger partial charge in [-0.2, -0.15) is 8.78 Å². The molecular formula is C16H15F2NO2. The smallest absolute Gasteiger partial charge is 0.306 e. The fraction of sp³-hybridized carbons (Fsp3) is 0.188. The van der Waals surface area contributed by atoms with E-state index in [1.807, 2.05) is 0 Å². The maximum absolute atomic E-state index is 13.9. The van der Waals surface area contributed by atoms with Crippen LogP contribution in [0.3, 0.4) is 0 Å². The van der Waals surface area contributed by atoms with Gasteiger partial charge in [0, 0.05) is 5.56 Å². The Morgan fingerprint density at radius 1 is 1.10 bits per heavy atom. The third kappa shape index (κ3) is 3.78. The van der Waals surface area contributed by atoms with Crippen molar-refractivity contribution in [2.24, 2.45) is 5.16 Å². The van der Waals surface area contributed by atoms with E-state index < -0.39 is 12.5 Å². The third-order valence-electron chi connectivity index (χ3n) is 3.04. The van der Waals surface area contributed by atoms with E-state index in [1.165, 1.54) is 12.1 Å². The van der Waals surface area contributed by atoms with Crippen molar-refractivity contribution in [3.8, 4) is 5.75 Å². The van der Waals surface area contributed by atoms with Crippen molar-refractivity contribution in [1.29, 1.82) is 0 Å². The summed E-state index contributed by atoms with van der Waals surface area (Å²) >= 11 is 0. The van der Waals surface area contributed by atoms with Crippen molar-refractivity contribution >= 4 is 5.71 Å². The summed E-state index contributed by atoms with van der Waals surface area (Å²) in [5.74, 6) is -2.72. The Kier molecular flexibility index (Phi) is 4.52. The van der Waals surface area contributed by atoms with E-state index >= 15 is 0 Å². The molecule has 110 valence electrons. The van der Waals surface area contributed by atoms with Crippen LogP contribution in [-0.2, 0) is 5.92 Å². The predicted molar refractivity (Wildman–Crippen MR) is 76.3 cm³/mol. The van der Waals surface area contributed by atoms with Gasteiger partial charge in [0.05, 0.1) is 5.71 Å². The topological polar surface area (TPSA) is 41.8 Å². The van der Waals surface area contributed by atoms with Crippen LogP contribution in [0.15, 0.2) is 59.8 Å². The first-order valence-electron chi connectivity index (χ1n) is 6.38. The zero-order chi connectivity index (χ0) is 15.3. The van der Waals surface area contributed by atoms with Crippen LogP contribution in [0.1, 0.15) is 18.1 Å². The maximum atomic E-state index is 13.9. The van der Waals surface area contributed by atoms with Crippen LogP contribution in [0.5, 0.6) is 5.75 Å². The summed E-state index contributed by atoms with van der Waals surface area (Å²) in [5, 5.41) is 11.7. The molecule has 0 atom stereocenters. The molecule has 2 aromatic carbocycles.